The van der Waals surface area contributed by atoms with Gasteiger partial charge in [0.2, 0.25) is 0 Å². The fourth-order valence-electron chi connectivity index (χ4n) is 1.84. The lowest BCUT2D eigenvalue weighted by atomic mass is 10.0. The molecule has 1 aromatic carbocycles. The van der Waals surface area contributed by atoms with Crippen molar-refractivity contribution >= 4 is 11.6 Å². The highest BCUT2D eigenvalue weighted by atomic mass is 19.1. The molecule has 1 aromatic rings. The third-order valence-electron chi connectivity index (χ3n) is 3.51. The molecule has 0 saturated carbocycles. The summed E-state index contributed by atoms with van der Waals surface area (Å²) in [6.07, 6.45) is 0.920. The Hall–Kier alpha value is -1.65. The zero-order chi connectivity index (χ0) is 15.3. The van der Waals surface area contributed by atoms with E-state index < -0.39 is 17.5 Å². The summed E-state index contributed by atoms with van der Waals surface area (Å²) in [6.45, 7) is 8.07. The smallest absolute Gasteiger partial charge is 0.251 e. The van der Waals surface area contributed by atoms with Crippen molar-refractivity contribution < 1.29 is 13.6 Å². The van der Waals surface area contributed by atoms with E-state index in [0.29, 0.717) is 12.5 Å². The molecule has 1 amide bonds. The molecule has 0 spiro atoms. The zero-order valence-electron chi connectivity index (χ0n) is 12.4. The SMILES string of the molecule is CCNc1c(F)cc(C(=O)NC(C)C(C)CC)cc1F. The first-order valence-electron chi connectivity index (χ1n) is 6.94. The molecule has 0 radical (unpaired) electrons. The van der Waals surface area contributed by atoms with Crippen molar-refractivity contribution in [1.29, 1.82) is 0 Å². The van der Waals surface area contributed by atoms with Crippen LogP contribution in [0.3, 0.4) is 0 Å². The number of carbonyl (C=O) groups excluding carboxylic acids is 1. The van der Waals surface area contributed by atoms with Gasteiger partial charge in [0.05, 0.1) is 0 Å². The van der Waals surface area contributed by atoms with Crippen LogP contribution in [0.15, 0.2) is 12.1 Å². The second kappa shape index (κ2) is 7.22. The Morgan fingerprint density at radius 3 is 2.20 bits per heavy atom. The number of anilines is 1. The van der Waals surface area contributed by atoms with Crippen molar-refractivity contribution in [3.8, 4) is 0 Å². The monoisotopic (exact) mass is 284 g/mol. The summed E-state index contributed by atoms with van der Waals surface area (Å²) in [4.78, 5) is 12.0. The number of hydrogen-bond acceptors (Lipinski definition) is 2. The molecule has 3 nitrogen and oxygen atoms in total. The van der Waals surface area contributed by atoms with Crippen molar-refractivity contribution in [2.24, 2.45) is 5.92 Å². The van der Waals surface area contributed by atoms with Crippen molar-refractivity contribution in [1.82, 2.24) is 5.32 Å². The van der Waals surface area contributed by atoms with E-state index in [2.05, 4.69) is 10.6 Å². The van der Waals surface area contributed by atoms with Crippen LogP contribution in [0.4, 0.5) is 14.5 Å². The molecule has 0 aliphatic carbocycles. The summed E-state index contributed by atoms with van der Waals surface area (Å²) in [6, 6.07) is 2.06. The molecule has 2 N–H and O–H groups in total. The van der Waals surface area contributed by atoms with Crippen LogP contribution in [0.2, 0.25) is 0 Å². The Morgan fingerprint density at radius 1 is 1.20 bits per heavy atom. The van der Waals surface area contributed by atoms with Gasteiger partial charge in [0, 0.05) is 18.2 Å². The maximum atomic E-state index is 13.7. The number of benzene rings is 1. The molecular weight excluding hydrogens is 262 g/mol. The molecule has 112 valence electrons. The van der Waals surface area contributed by atoms with Gasteiger partial charge in [0.1, 0.15) is 17.3 Å². The minimum absolute atomic E-state index is 0.00296. The molecule has 0 bridgehead atoms. The van der Waals surface area contributed by atoms with Gasteiger partial charge in [-0.05, 0) is 31.9 Å². The van der Waals surface area contributed by atoms with Crippen LogP contribution >= 0.6 is 0 Å². The van der Waals surface area contributed by atoms with E-state index in [1.54, 1.807) is 6.92 Å². The summed E-state index contributed by atoms with van der Waals surface area (Å²) in [5.41, 5.74) is -0.198. The Kier molecular flexibility index (Phi) is 5.92. The quantitative estimate of drug-likeness (QED) is 0.838. The number of carbonyl (C=O) groups is 1. The molecule has 2 unspecified atom stereocenters. The van der Waals surface area contributed by atoms with E-state index in [9.17, 15) is 13.6 Å². The fraction of sp³-hybridized carbons (Fsp3) is 0.533. The number of halogens is 2. The molecule has 0 aliphatic heterocycles. The van der Waals surface area contributed by atoms with Gasteiger partial charge in [-0.1, -0.05) is 20.3 Å². The van der Waals surface area contributed by atoms with Crippen LogP contribution < -0.4 is 10.6 Å². The van der Waals surface area contributed by atoms with E-state index in [1.807, 2.05) is 20.8 Å². The molecule has 0 aromatic heterocycles. The van der Waals surface area contributed by atoms with E-state index >= 15 is 0 Å². The lowest BCUT2D eigenvalue weighted by molar-refractivity contribution is 0.0927. The Morgan fingerprint density at radius 2 is 1.75 bits per heavy atom. The van der Waals surface area contributed by atoms with Gasteiger partial charge >= 0.3 is 0 Å². The molecule has 0 aliphatic rings. The lowest BCUT2D eigenvalue weighted by Crippen LogP contribution is -2.37. The lowest BCUT2D eigenvalue weighted by Gasteiger charge is -2.20. The van der Waals surface area contributed by atoms with Gasteiger partial charge in [-0.15, -0.1) is 0 Å². The Balaban J connectivity index is 2.89. The first-order valence-corrected chi connectivity index (χ1v) is 6.94. The Bertz CT molecular complexity index is 454. The standard InChI is InChI=1S/C15H22F2N2O/c1-5-9(3)10(4)19-15(20)11-7-12(16)14(18-6-2)13(17)8-11/h7-10,18H,5-6H2,1-4H3,(H,19,20). The van der Waals surface area contributed by atoms with E-state index in [0.717, 1.165) is 18.6 Å². The van der Waals surface area contributed by atoms with Gasteiger partial charge in [-0.25, -0.2) is 8.78 Å². The molecule has 5 heteroatoms. The van der Waals surface area contributed by atoms with Crippen LogP contribution in [-0.4, -0.2) is 18.5 Å². The minimum Gasteiger partial charge on any atom is -0.381 e. The molecule has 0 fully saturated rings. The molecular formula is C15H22F2N2O. The average molecular weight is 284 g/mol. The summed E-state index contributed by atoms with van der Waals surface area (Å²) in [7, 11) is 0. The first kappa shape index (κ1) is 16.4. The van der Waals surface area contributed by atoms with E-state index in [-0.39, 0.29) is 17.3 Å². The predicted octanol–water partition coefficient (Wildman–Crippen LogP) is 3.56. The molecule has 20 heavy (non-hydrogen) atoms. The summed E-state index contributed by atoms with van der Waals surface area (Å²) >= 11 is 0. The van der Waals surface area contributed by atoms with Crippen LogP contribution in [-0.2, 0) is 0 Å². The zero-order valence-corrected chi connectivity index (χ0v) is 12.4. The fourth-order valence-corrected chi connectivity index (χ4v) is 1.84. The highest BCUT2D eigenvalue weighted by molar-refractivity contribution is 5.94. The first-order chi connectivity index (χ1) is 9.40. The van der Waals surface area contributed by atoms with Gasteiger partial charge in [0.15, 0.2) is 0 Å². The van der Waals surface area contributed by atoms with E-state index in [1.165, 1.54) is 0 Å². The van der Waals surface area contributed by atoms with Crippen LogP contribution in [0, 0.1) is 17.6 Å². The van der Waals surface area contributed by atoms with Gasteiger partial charge in [0.25, 0.3) is 5.91 Å². The molecule has 1 rings (SSSR count). The van der Waals surface area contributed by atoms with E-state index in [4.69, 9.17) is 0 Å². The molecule has 0 saturated heterocycles. The summed E-state index contributed by atoms with van der Waals surface area (Å²) in [5, 5.41) is 5.36. The van der Waals surface area contributed by atoms with Crippen molar-refractivity contribution in [3.63, 3.8) is 0 Å². The third-order valence-corrected chi connectivity index (χ3v) is 3.51. The second-order valence-electron chi connectivity index (χ2n) is 4.99. The largest absolute Gasteiger partial charge is 0.381 e. The number of amides is 1. The summed E-state index contributed by atoms with van der Waals surface area (Å²) < 4.78 is 27.5. The number of rotatable bonds is 6. The van der Waals surface area contributed by atoms with Gasteiger partial charge in [-0.3, -0.25) is 4.79 Å². The highest BCUT2D eigenvalue weighted by Gasteiger charge is 2.18. The molecule has 0 heterocycles. The van der Waals surface area contributed by atoms with Gasteiger partial charge < -0.3 is 10.6 Å². The maximum absolute atomic E-state index is 13.7. The average Bonchev–Trinajstić information content (AvgIpc) is 2.41. The third kappa shape index (κ3) is 3.92. The number of nitrogens with one attached hydrogen (secondary N) is 2. The van der Waals surface area contributed by atoms with Gasteiger partial charge in [-0.2, -0.15) is 0 Å². The highest BCUT2D eigenvalue weighted by Crippen LogP contribution is 2.21. The number of hydrogen-bond donors (Lipinski definition) is 2. The Labute approximate surface area is 118 Å². The minimum atomic E-state index is -0.756. The van der Waals surface area contributed by atoms with Crippen molar-refractivity contribution in [2.45, 2.75) is 40.2 Å². The predicted molar refractivity (Wildman–Crippen MR) is 76.9 cm³/mol. The van der Waals surface area contributed by atoms with Crippen LogP contribution in [0.25, 0.3) is 0 Å². The van der Waals surface area contributed by atoms with Crippen LogP contribution in [0.1, 0.15) is 44.5 Å². The summed E-state index contributed by atoms with van der Waals surface area (Å²) in [5.74, 6) is -1.67. The maximum Gasteiger partial charge on any atom is 0.251 e. The second-order valence-corrected chi connectivity index (χ2v) is 4.99. The van der Waals surface area contributed by atoms with Crippen molar-refractivity contribution in [3.05, 3.63) is 29.3 Å². The van der Waals surface area contributed by atoms with Crippen LogP contribution in [0.5, 0.6) is 0 Å². The molecule has 2 atom stereocenters. The normalized spacial score (nSPS) is 13.7. The topological polar surface area (TPSA) is 41.1 Å². The van der Waals surface area contributed by atoms with Crippen molar-refractivity contribution in [2.75, 3.05) is 11.9 Å².